The Kier molecular flexibility index (Phi) is 8.43. The van der Waals surface area contributed by atoms with Gasteiger partial charge in [-0.05, 0) is 27.7 Å². The van der Waals surface area contributed by atoms with E-state index in [0.29, 0.717) is 19.0 Å². The SMILES string of the molecule is CCNC(=NCc1nc(C)c(C)o1)NCc1sc(-c2ccccc2)nc1C.I. The molecule has 0 saturated heterocycles. The molecule has 0 unspecified atom stereocenters. The molecule has 8 heteroatoms. The molecule has 3 aromatic rings. The van der Waals surface area contributed by atoms with Crippen molar-refractivity contribution in [2.24, 2.45) is 4.99 Å². The van der Waals surface area contributed by atoms with E-state index in [2.05, 4.69) is 32.7 Å². The number of rotatable bonds is 6. The van der Waals surface area contributed by atoms with Gasteiger partial charge in [-0.2, -0.15) is 0 Å². The van der Waals surface area contributed by atoms with Crippen molar-refractivity contribution < 1.29 is 4.42 Å². The number of aromatic nitrogens is 2. The lowest BCUT2D eigenvalue weighted by Gasteiger charge is -2.10. The van der Waals surface area contributed by atoms with Crippen LogP contribution in [0.15, 0.2) is 39.7 Å². The van der Waals surface area contributed by atoms with Gasteiger partial charge in [-0.1, -0.05) is 30.3 Å². The number of hydrogen-bond acceptors (Lipinski definition) is 5. The van der Waals surface area contributed by atoms with Crippen molar-refractivity contribution in [3.05, 3.63) is 58.2 Å². The summed E-state index contributed by atoms with van der Waals surface area (Å²) in [5, 5.41) is 7.67. The van der Waals surface area contributed by atoms with Crippen molar-refractivity contribution in [3.63, 3.8) is 0 Å². The van der Waals surface area contributed by atoms with Gasteiger partial charge in [0.25, 0.3) is 0 Å². The first kappa shape index (κ1) is 22.4. The minimum Gasteiger partial charge on any atom is -0.444 e. The van der Waals surface area contributed by atoms with Crippen molar-refractivity contribution in [1.29, 1.82) is 0 Å². The number of aryl methyl sites for hydroxylation is 3. The molecule has 0 aliphatic heterocycles. The first-order valence-electron chi connectivity index (χ1n) is 9.03. The highest BCUT2D eigenvalue weighted by Crippen LogP contribution is 2.27. The number of oxazole rings is 1. The molecule has 3 rings (SSSR count). The molecule has 6 nitrogen and oxygen atoms in total. The number of hydrogen-bond donors (Lipinski definition) is 2. The topological polar surface area (TPSA) is 75.3 Å². The average molecular weight is 511 g/mol. The molecule has 150 valence electrons. The Labute approximate surface area is 186 Å². The smallest absolute Gasteiger partial charge is 0.216 e. The molecule has 2 aromatic heterocycles. The Morgan fingerprint density at radius 2 is 1.82 bits per heavy atom. The summed E-state index contributed by atoms with van der Waals surface area (Å²) in [4.78, 5) is 14.8. The van der Waals surface area contributed by atoms with Crippen LogP contribution < -0.4 is 10.6 Å². The van der Waals surface area contributed by atoms with Crippen LogP contribution in [-0.2, 0) is 13.1 Å². The van der Waals surface area contributed by atoms with Crippen LogP contribution in [-0.4, -0.2) is 22.5 Å². The van der Waals surface area contributed by atoms with Crippen LogP contribution >= 0.6 is 35.3 Å². The second kappa shape index (κ2) is 10.6. The van der Waals surface area contributed by atoms with Crippen molar-refractivity contribution >= 4 is 41.3 Å². The highest BCUT2D eigenvalue weighted by molar-refractivity contribution is 14.0. The molecule has 2 heterocycles. The lowest BCUT2D eigenvalue weighted by molar-refractivity contribution is 0.473. The van der Waals surface area contributed by atoms with Gasteiger partial charge in [-0.15, -0.1) is 35.3 Å². The molecule has 0 spiro atoms. The number of benzene rings is 1. The van der Waals surface area contributed by atoms with Gasteiger partial charge in [0.05, 0.1) is 17.9 Å². The van der Waals surface area contributed by atoms with Crippen LogP contribution in [0.3, 0.4) is 0 Å². The van der Waals surface area contributed by atoms with E-state index in [4.69, 9.17) is 9.40 Å². The number of aliphatic imine (C=N–C) groups is 1. The lowest BCUT2D eigenvalue weighted by atomic mass is 10.2. The van der Waals surface area contributed by atoms with Crippen LogP contribution in [0.25, 0.3) is 10.6 Å². The molecule has 28 heavy (non-hydrogen) atoms. The Morgan fingerprint density at radius 3 is 2.46 bits per heavy atom. The highest BCUT2D eigenvalue weighted by atomic mass is 127. The van der Waals surface area contributed by atoms with Crippen LogP contribution in [0.1, 0.15) is 34.8 Å². The van der Waals surface area contributed by atoms with E-state index in [0.717, 1.165) is 40.2 Å². The van der Waals surface area contributed by atoms with Gasteiger partial charge in [0.1, 0.15) is 17.3 Å². The first-order chi connectivity index (χ1) is 13.1. The molecule has 1 aromatic carbocycles. The fourth-order valence-corrected chi connectivity index (χ4v) is 3.56. The summed E-state index contributed by atoms with van der Waals surface area (Å²) in [6.07, 6.45) is 0. The number of halogens is 1. The summed E-state index contributed by atoms with van der Waals surface area (Å²) < 4.78 is 5.60. The third kappa shape index (κ3) is 5.78. The summed E-state index contributed by atoms with van der Waals surface area (Å²) >= 11 is 1.71. The molecule has 2 N–H and O–H groups in total. The largest absolute Gasteiger partial charge is 0.444 e. The quantitative estimate of drug-likeness (QED) is 0.288. The Morgan fingerprint density at radius 1 is 1.07 bits per heavy atom. The number of nitrogens with one attached hydrogen (secondary N) is 2. The van der Waals surface area contributed by atoms with Crippen LogP contribution in [0.2, 0.25) is 0 Å². The predicted octanol–water partition coefficient (Wildman–Crippen LogP) is 4.60. The summed E-state index contributed by atoms with van der Waals surface area (Å²) in [6.45, 7) is 9.80. The zero-order chi connectivity index (χ0) is 19.2. The molecule has 0 fully saturated rings. The highest BCUT2D eigenvalue weighted by Gasteiger charge is 2.10. The standard InChI is InChI=1S/C20H25N5OS.HI/c1-5-21-20(23-12-18-24-13(2)15(4)26-18)22-11-17-14(3)25-19(27-17)16-9-7-6-8-10-16;/h6-10H,5,11-12H2,1-4H3,(H2,21,22,23);1H. The molecular weight excluding hydrogens is 485 g/mol. The van der Waals surface area contributed by atoms with E-state index in [1.54, 1.807) is 11.3 Å². The van der Waals surface area contributed by atoms with E-state index in [9.17, 15) is 0 Å². The Balaban J connectivity index is 0.00000280. The minimum absolute atomic E-state index is 0. The molecule has 0 bridgehead atoms. The summed E-state index contributed by atoms with van der Waals surface area (Å²) in [7, 11) is 0. The van der Waals surface area contributed by atoms with Crippen molar-refractivity contribution in [1.82, 2.24) is 20.6 Å². The average Bonchev–Trinajstić information content (AvgIpc) is 3.20. The van der Waals surface area contributed by atoms with Gasteiger partial charge in [0.2, 0.25) is 5.89 Å². The second-order valence-corrected chi connectivity index (χ2v) is 7.28. The second-order valence-electron chi connectivity index (χ2n) is 6.19. The maximum absolute atomic E-state index is 5.60. The lowest BCUT2D eigenvalue weighted by Crippen LogP contribution is -2.36. The van der Waals surface area contributed by atoms with Gasteiger partial charge in [0.15, 0.2) is 5.96 Å². The molecule has 0 radical (unpaired) electrons. The van der Waals surface area contributed by atoms with E-state index in [-0.39, 0.29) is 24.0 Å². The van der Waals surface area contributed by atoms with E-state index in [1.807, 2.05) is 45.9 Å². The number of nitrogens with zero attached hydrogens (tertiary/aromatic N) is 3. The number of guanidine groups is 1. The van der Waals surface area contributed by atoms with Crippen molar-refractivity contribution in [2.45, 2.75) is 40.8 Å². The fraction of sp³-hybridized carbons (Fsp3) is 0.350. The first-order valence-corrected chi connectivity index (χ1v) is 9.85. The number of thiazole rings is 1. The Hall–Kier alpha value is -1.94. The van der Waals surface area contributed by atoms with Gasteiger partial charge in [-0.3, -0.25) is 0 Å². The van der Waals surface area contributed by atoms with Crippen LogP contribution in [0.4, 0.5) is 0 Å². The molecule has 0 saturated carbocycles. The van der Waals surface area contributed by atoms with E-state index >= 15 is 0 Å². The van der Waals surface area contributed by atoms with E-state index < -0.39 is 0 Å². The van der Waals surface area contributed by atoms with Crippen LogP contribution in [0, 0.1) is 20.8 Å². The molecule has 0 atom stereocenters. The maximum atomic E-state index is 5.60. The fourth-order valence-electron chi connectivity index (χ4n) is 2.56. The minimum atomic E-state index is 0. The van der Waals surface area contributed by atoms with Crippen LogP contribution in [0.5, 0.6) is 0 Å². The zero-order valence-electron chi connectivity index (χ0n) is 16.6. The zero-order valence-corrected chi connectivity index (χ0v) is 19.7. The van der Waals surface area contributed by atoms with Gasteiger partial charge >= 0.3 is 0 Å². The molecule has 0 amide bonds. The van der Waals surface area contributed by atoms with Crippen molar-refractivity contribution in [2.75, 3.05) is 6.54 Å². The van der Waals surface area contributed by atoms with Crippen molar-refractivity contribution in [3.8, 4) is 10.6 Å². The third-order valence-corrected chi connectivity index (χ3v) is 5.33. The van der Waals surface area contributed by atoms with Gasteiger partial charge in [0, 0.05) is 17.0 Å². The summed E-state index contributed by atoms with van der Waals surface area (Å²) in [6, 6.07) is 10.3. The van der Waals surface area contributed by atoms with Gasteiger partial charge < -0.3 is 15.1 Å². The monoisotopic (exact) mass is 511 g/mol. The maximum Gasteiger partial charge on any atom is 0.216 e. The normalized spacial score (nSPS) is 11.2. The van der Waals surface area contributed by atoms with Gasteiger partial charge in [-0.25, -0.2) is 15.0 Å². The Bertz CT molecular complexity index is 901. The van der Waals surface area contributed by atoms with E-state index in [1.165, 1.54) is 4.88 Å². The summed E-state index contributed by atoms with van der Waals surface area (Å²) in [5.41, 5.74) is 3.10. The third-order valence-electron chi connectivity index (χ3n) is 4.12. The molecule has 0 aliphatic carbocycles. The molecule has 0 aliphatic rings. The predicted molar refractivity (Wildman–Crippen MR) is 125 cm³/mol. The molecular formula is C20H26IN5OS. The summed E-state index contributed by atoms with van der Waals surface area (Å²) in [5.74, 6) is 2.20.